The standard InChI is InChI=1S/C46H47F2NO7/c1-2-3-4-5-6-7-8-9-10-11-12-13-31-53-41-26-25-40(42(47)43(41)48)46(52)55-38-23-19-34(20-24-38)44(50)56-39-16-14-15-36(32-39)33-17-21-37(22-18-33)54-45(51)35-27-29-49-30-28-35/h14-30,32H,2-13,31H2,1H3. The predicted octanol–water partition coefficient (Wildman–Crippen LogP) is 11.8. The van der Waals surface area contributed by atoms with E-state index < -0.39 is 35.1 Å². The number of unbranched alkanes of at least 4 members (excludes halogenated alkanes) is 11. The molecule has 292 valence electrons. The molecule has 0 bridgehead atoms. The zero-order valence-electron chi connectivity index (χ0n) is 31.6. The number of esters is 3. The number of benzene rings is 4. The summed E-state index contributed by atoms with van der Waals surface area (Å²) in [5.74, 6) is -4.44. The van der Waals surface area contributed by atoms with Crippen molar-refractivity contribution in [3.8, 4) is 34.1 Å². The van der Waals surface area contributed by atoms with Gasteiger partial charge in [-0.1, -0.05) is 102 Å². The molecule has 5 rings (SSSR count). The van der Waals surface area contributed by atoms with E-state index in [0.29, 0.717) is 11.3 Å². The van der Waals surface area contributed by atoms with Crippen LogP contribution in [-0.4, -0.2) is 29.5 Å². The van der Waals surface area contributed by atoms with Crippen molar-refractivity contribution in [2.75, 3.05) is 6.61 Å². The highest BCUT2D eigenvalue weighted by molar-refractivity contribution is 5.93. The summed E-state index contributed by atoms with van der Waals surface area (Å²) in [6.45, 7) is 2.48. The van der Waals surface area contributed by atoms with Gasteiger partial charge in [-0.2, -0.15) is 4.39 Å². The third-order valence-electron chi connectivity index (χ3n) is 9.18. The number of nitrogens with zero attached hydrogens (tertiary/aromatic N) is 1. The number of hydrogen-bond acceptors (Lipinski definition) is 8. The molecule has 0 aliphatic rings. The van der Waals surface area contributed by atoms with Gasteiger partial charge in [0.2, 0.25) is 5.82 Å². The molecule has 4 aromatic carbocycles. The fraction of sp³-hybridized carbons (Fsp3) is 0.304. The van der Waals surface area contributed by atoms with E-state index >= 15 is 0 Å². The molecule has 0 aliphatic carbocycles. The van der Waals surface area contributed by atoms with Crippen molar-refractivity contribution in [3.05, 3.63) is 138 Å². The summed E-state index contributed by atoms with van der Waals surface area (Å²) in [7, 11) is 0. The van der Waals surface area contributed by atoms with Gasteiger partial charge in [0.1, 0.15) is 17.2 Å². The average molecular weight is 764 g/mol. The van der Waals surface area contributed by atoms with Gasteiger partial charge in [0, 0.05) is 12.4 Å². The second-order valence-electron chi connectivity index (χ2n) is 13.5. The van der Waals surface area contributed by atoms with Crippen molar-refractivity contribution >= 4 is 17.9 Å². The SMILES string of the molecule is CCCCCCCCCCCCCCOc1ccc(C(=O)Oc2ccc(C(=O)Oc3cccc(-c4ccc(OC(=O)c5ccncc5)cc4)c3)cc2)c(F)c1F. The van der Waals surface area contributed by atoms with Crippen LogP contribution in [0.5, 0.6) is 23.0 Å². The smallest absolute Gasteiger partial charge is 0.346 e. The Labute approximate surface area is 326 Å². The highest BCUT2D eigenvalue weighted by Gasteiger charge is 2.22. The Kier molecular flexibility index (Phi) is 16.1. The maximum Gasteiger partial charge on any atom is 0.346 e. The molecule has 0 saturated carbocycles. The Morgan fingerprint density at radius 2 is 1.05 bits per heavy atom. The molecule has 0 N–H and O–H groups in total. The minimum Gasteiger partial charge on any atom is -0.490 e. The number of carbonyl (C=O) groups excluding carboxylic acids is 3. The van der Waals surface area contributed by atoms with Crippen molar-refractivity contribution in [2.24, 2.45) is 0 Å². The Morgan fingerprint density at radius 1 is 0.518 bits per heavy atom. The topological polar surface area (TPSA) is 101 Å². The highest BCUT2D eigenvalue weighted by atomic mass is 19.2. The third-order valence-corrected chi connectivity index (χ3v) is 9.18. The van der Waals surface area contributed by atoms with E-state index in [2.05, 4.69) is 11.9 Å². The van der Waals surface area contributed by atoms with E-state index in [1.807, 2.05) is 6.07 Å². The van der Waals surface area contributed by atoms with E-state index in [1.165, 1.54) is 94.1 Å². The van der Waals surface area contributed by atoms with Crippen molar-refractivity contribution in [1.82, 2.24) is 4.98 Å². The maximum absolute atomic E-state index is 14.9. The zero-order chi connectivity index (χ0) is 39.5. The van der Waals surface area contributed by atoms with E-state index in [-0.39, 0.29) is 29.4 Å². The van der Waals surface area contributed by atoms with Gasteiger partial charge < -0.3 is 18.9 Å². The number of pyridine rings is 1. The number of ether oxygens (including phenoxy) is 4. The quantitative estimate of drug-likeness (QED) is 0.0414. The average Bonchev–Trinajstić information content (AvgIpc) is 3.22. The van der Waals surface area contributed by atoms with Gasteiger partial charge in [-0.3, -0.25) is 4.98 Å². The molecule has 0 unspecified atom stereocenters. The number of rotatable bonds is 21. The zero-order valence-corrected chi connectivity index (χ0v) is 31.6. The molecule has 10 heteroatoms. The highest BCUT2D eigenvalue weighted by Crippen LogP contribution is 2.28. The molecule has 0 radical (unpaired) electrons. The summed E-state index contributed by atoms with van der Waals surface area (Å²) in [5, 5.41) is 0. The summed E-state index contributed by atoms with van der Waals surface area (Å²) >= 11 is 0. The number of aromatic nitrogens is 1. The van der Waals surface area contributed by atoms with Crippen LogP contribution in [0.15, 0.2) is 109 Å². The lowest BCUT2D eigenvalue weighted by Gasteiger charge is -2.11. The van der Waals surface area contributed by atoms with Gasteiger partial charge in [-0.05, 0) is 90.3 Å². The van der Waals surface area contributed by atoms with E-state index in [1.54, 1.807) is 54.6 Å². The summed E-state index contributed by atoms with van der Waals surface area (Å²) in [4.78, 5) is 41.9. The summed E-state index contributed by atoms with van der Waals surface area (Å²) in [5.41, 5.74) is 1.53. The van der Waals surface area contributed by atoms with E-state index in [4.69, 9.17) is 18.9 Å². The second-order valence-corrected chi connectivity index (χ2v) is 13.5. The summed E-state index contributed by atoms with van der Waals surface area (Å²) in [6.07, 6.45) is 17.3. The second kappa shape index (κ2) is 21.9. The van der Waals surface area contributed by atoms with E-state index in [9.17, 15) is 23.2 Å². The van der Waals surface area contributed by atoms with Gasteiger partial charge in [-0.25, -0.2) is 18.8 Å². The van der Waals surface area contributed by atoms with Crippen LogP contribution >= 0.6 is 0 Å². The van der Waals surface area contributed by atoms with Crippen molar-refractivity contribution in [1.29, 1.82) is 0 Å². The molecule has 56 heavy (non-hydrogen) atoms. The normalized spacial score (nSPS) is 10.8. The van der Waals surface area contributed by atoms with Crippen LogP contribution < -0.4 is 18.9 Å². The van der Waals surface area contributed by atoms with Crippen LogP contribution in [0.25, 0.3) is 11.1 Å². The molecule has 8 nitrogen and oxygen atoms in total. The molecular weight excluding hydrogens is 717 g/mol. The predicted molar refractivity (Wildman–Crippen MR) is 210 cm³/mol. The maximum atomic E-state index is 14.9. The minimum atomic E-state index is -1.36. The van der Waals surface area contributed by atoms with Crippen LogP contribution in [0, 0.1) is 11.6 Å². The fourth-order valence-electron chi connectivity index (χ4n) is 6.02. The molecule has 0 amide bonds. The monoisotopic (exact) mass is 763 g/mol. The summed E-state index contributed by atoms with van der Waals surface area (Å²) in [6, 6.07) is 24.8. The van der Waals surface area contributed by atoms with Gasteiger partial charge in [0.25, 0.3) is 0 Å². The van der Waals surface area contributed by atoms with Gasteiger partial charge in [0.05, 0.1) is 23.3 Å². The van der Waals surface area contributed by atoms with Crippen LogP contribution in [-0.2, 0) is 0 Å². The molecule has 0 spiro atoms. The molecule has 0 fully saturated rings. The Bertz CT molecular complexity index is 2020. The number of halogens is 2. The number of hydrogen-bond donors (Lipinski definition) is 0. The molecule has 0 saturated heterocycles. The Hall–Kier alpha value is -5.90. The first-order valence-electron chi connectivity index (χ1n) is 19.3. The van der Waals surface area contributed by atoms with Crippen LogP contribution in [0.1, 0.15) is 115 Å². The Morgan fingerprint density at radius 3 is 1.68 bits per heavy atom. The first kappa shape index (κ1) is 41.3. The first-order valence-corrected chi connectivity index (χ1v) is 19.3. The van der Waals surface area contributed by atoms with Crippen LogP contribution in [0.3, 0.4) is 0 Å². The lowest BCUT2D eigenvalue weighted by Crippen LogP contribution is -2.13. The fourth-order valence-corrected chi connectivity index (χ4v) is 6.02. The molecular formula is C46H47F2NO7. The van der Waals surface area contributed by atoms with Crippen LogP contribution in [0.2, 0.25) is 0 Å². The van der Waals surface area contributed by atoms with Crippen molar-refractivity contribution < 1.29 is 42.1 Å². The van der Waals surface area contributed by atoms with E-state index in [0.717, 1.165) is 42.9 Å². The van der Waals surface area contributed by atoms with Crippen molar-refractivity contribution in [2.45, 2.75) is 84.0 Å². The molecule has 5 aromatic rings. The van der Waals surface area contributed by atoms with Crippen LogP contribution in [0.4, 0.5) is 8.78 Å². The van der Waals surface area contributed by atoms with Gasteiger partial charge >= 0.3 is 17.9 Å². The third kappa shape index (κ3) is 12.6. The first-order chi connectivity index (χ1) is 27.3. The minimum absolute atomic E-state index is 0.0237. The van der Waals surface area contributed by atoms with Gasteiger partial charge in [-0.15, -0.1) is 0 Å². The lowest BCUT2D eigenvalue weighted by molar-refractivity contribution is 0.0721. The molecule has 1 aromatic heterocycles. The van der Waals surface area contributed by atoms with Crippen molar-refractivity contribution in [3.63, 3.8) is 0 Å². The Balaban J connectivity index is 1.05. The lowest BCUT2D eigenvalue weighted by atomic mass is 10.1. The largest absolute Gasteiger partial charge is 0.490 e. The molecule has 1 heterocycles. The molecule has 0 atom stereocenters. The number of carbonyl (C=O) groups is 3. The summed E-state index contributed by atoms with van der Waals surface area (Å²) < 4.78 is 51.4. The molecule has 0 aliphatic heterocycles. The van der Waals surface area contributed by atoms with Gasteiger partial charge in [0.15, 0.2) is 11.6 Å².